The van der Waals surface area contributed by atoms with Crippen LogP contribution < -0.4 is 5.32 Å². The SMILES string of the molecule is Cc1ccnn1C[C@@H](C)C(=O)N[C@@H](C)CN1CCCCCC1. The van der Waals surface area contributed by atoms with Crippen LogP contribution in [-0.2, 0) is 11.3 Å². The number of nitrogens with one attached hydrogen (secondary N) is 1. The van der Waals surface area contributed by atoms with E-state index in [0.717, 1.165) is 12.2 Å². The average Bonchev–Trinajstić information content (AvgIpc) is 2.73. The number of aryl methyl sites for hydroxylation is 1. The fourth-order valence-electron chi connectivity index (χ4n) is 3.07. The molecule has 0 spiro atoms. The Morgan fingerprint density at radius 3 is 2.50 bits per heavy atom. The van der Waals surface area contributed by atoms with Crippen molar-refractivity contribution in [2.45, 2.75) is 59.0 Å². The maximum absolute atomic E-state index is 12.3. The number of aromatic nitrogens is 2. The summed E-state index contributed by atoms with van der Waals surface area (Å²) in [5, 5.41) is 7.41. The molecule has 1 amide bonds. The lowest BCUT2D eigenvalue weighted by Crippen LogP contribution is -2.44. The van der Waals surface area contributed by atoms with Gasteiger partial charge in [0.05, 0.1) is 12.5 Å². The van der Waals surface area contributed by atoms with E-state index in [1.54, 1.807) is 6.20 Å². The zero-order chi connectivity index (χ0) is 15.9. The number of nitrogens with zero attached hydrogens (tertiary/aromatic N) is 3. The molecule has 1 aliphatic rings. The topological polar surface area (TPSA) is 50.2 Å². The molecule has 22 heavy (non-hydrogen) atoms. The molecule has 1 N–H and O–H groups in total. The van der Waals surface area contributed by atoms with Crippen LogP contribution in [0.4, 0.5) is 0 Å². The molecule has 0 bridgehead atoms. The largest absolute Gasteiger partial charge is 0.352 e. The minimum Gasteiger partial charge on any atom is -0.352 e. The van der Waals surface area contributed by atoms with Crippen molar-refractivity contribution in [3.63, 3.8) is 0 Å². The first-order valence-corrected chi connectivity index (χ1v) is 8.57. The second-order valence-electron chi connectivity index (χ2n) is 6.68. The number of likely N-dealkylation sites (tertiary alicyclic amines) is 1. The highest BCUT2D eigenvalue weighted by molar-refractivity contribution is 5.78. The maximum Gasteiger partial charge on any atom is 0.224 e. The molecule has 0 aromatic carbocycles. The summed E-state index contributed by atoms with van der Waals surface area (Å²) in [4.78, 5) is 14.8. The molecule has 0 aliphatic carbocycles. The Balaban J connectivity index is 1.76. The molecule has 2 heterocycles. The number of rotatable bonds is 6. The Bertz CT molecular complexity index is 463. The number of hydrogen-bond donors (Lipinski definition) is 1. The van der Waals surface area contributed by atoms with E-state index in [1.165, 1.54) is 38.8 Å². The quantitative estimate of drug-likeness (QED) is 0.876. The van der Waals surface area contributed by atoms with Gasteiger partial charge in [0.2, 0.25) is 5.91 Å². The van der Waals surface area contributed by atoms with Gasteiger partial charge in [0.25, 0.3) is 0 Å². The second-order valence-corrected chi connectivity index (χ2v) is 6.68. The second kappa shape index (κ2) is 8.32. The van der Waals surface area contributed by atoms with Crippen molar-refractivity contribution in [3.8, 4) is 0 Å². The summed E-state index contributed by atoms with van der Waals surface area (Å²) in [6, 6.07) is 2.17. The summed E-state index contributed by atoms with van der Waals surface area (Å²) in [6.45, 7) is 10.0. The van der Waals surface area contributed by atoms with E-state index in [2.05, 4.69) is 22.2 Å². The highest BCUT2D eigenvalue weighted by Gasteiger charge is 2.18. The summed E-state index contributed by atoms with van der Waals surface area (Å²) in [5.74, 6) is 0.0578. The Morgan fingerprint density at radius 2 is 1.91 bits per heavy atom. The third-order valence-electron chi connectivity index (χ3n) is 4.44. The lowest BCUT2D eigenvalue weighted by Gasteiger charge is -2.25. The molecule has 1 saturated heterocycles. The summed E-state index contributed by atoms with van der Waals surface area (Å²) in [7, 11) is 0. The average molecular weight is 306 g/mol. The number of amides is 1. The van der Waals surface area contributed by atoms with Crippen LogP contribution in [-0.4, -0.2) is 46.3 Å². The summed E-state index contributed by atoms with van der Waals surface area (Å²) in [5.41, 5.74) is 1.09. The monoisotopic (exact) mass is 306 g/mol. The molecule has 5 heteroatoms. The van der Waals surface area contributed by atoms with Crippen molar-refractivity contribution < 1.29 is 4.79 Å². The van der Waals surface area contributed by atoms with Gasteiger partial charge >= 0.3 is 0 Å². The van der Waals surface area contributed by atoms with Crippen LogP contribution >= 0.6 is 0 Å². The summed E-state index contributed by atoms with van der Waals surface area (Å²) in [6.07, 6.45) is 7.04. The Hall–Kier alpha value is -1.36. The highest BCUT2D eigenvalue weighted by atomic mass is 16.1. The predicted octanol–water partition coefficient (Wildman–Crippen LogP) is 2.21. The summed E-state index contributed by atoms with van der Waals surface area (Å²) >= 11 is 0. The van der Waals surface area contributed by atoms with Gasteiger partial charge in [0.1, 0.15) is 0 Å². The minimum absolute atomic E-state index is 0.0646. The molecule has 5 nitrogen and oxygen atoms in total. The molecule has 1 aromatic heterocycles. The van der Waals surface area contributed by atoms with Crippen LogP contribution in [0.5, 0.6) is 0 Å². The van der Waals surface area contributed by atoms with E-state index in [1.807, 2.05) is 24.6 Å². The normalized spacial score (nSPS) is 19.4. The zero-order valence-corrected chi connectivity index (χ0v) is 14.2. The van der Waals surface area contributed by atoms with Crippen LogP contribution in [0.3, 0.4) is 0 Å². The van der Waals surface area contributed by atoms with Crippen molar-refractivity contribution in [2.75, 3.05) is 19.6 Å². The first-order valence-electron chi connectivity index (χ1n) is 8.57. The molecule has 124 valence electrons. The van der Waals surface area contributed by atoms with Gasteiger partial charge in [-0.1, -0.05) is 19.8 Å². The molecule has 1 fully saturated rings. The molecule has 2 rings (SSSR count). The Morgan fingerprint density at radius 1 is 1.23 bits per heavy atom. The van der Waals surface area contributed by atoms with Crippen LogP contribution in [0.2, 0.25) is 0 Å². The predicted molar refractivity (Wildman–Crippen MR) is 88.6 cm³/mol. The van der Waals surface area contributed by atoms with Gasteiger partial charge in [-0.25, -0.2) is 0 Å². The number of carbonyl (C=O) groups is 1. The van der Waals surface area contributed by atoms with E-state index < -0.39 is 0 Å². The van der Waals surface area contributed by atoms with E-state index in [0.29, 0.717) is 6.54 Å². The lowest BCUT2D eigenvalue weighted by atomic mass is 10.1. The van der Waals surface area contributed by atoms with Gasteiger partial charge in [-0.3, -0.25) is 9.48 Å². The smallest absolute Gasteiger partial charge is 0.224 e. The molecule has 0 saturated carbocycles. The first-order chi connectivity index (χ1) is 10.6. The van der Waals surface area contributed by atoms with E-state index >= 15 is 0 Å². The zero-order valence-electron chi connectivity index (χ0n) is 14.2. The third-order valence-corrected chi connectivity index (χ3v) is 4.44. The van der Waals surface area contributed by atoms with Gasteiger partial charge < -0.3 is 10.2 Å². The van der Waals surface area contributed by atoms with Crippen LogP contribution in [0.1, 0.15) is 45.2 Å². The molecule has 2 atom stereocenters. The molecule has 0 unspecified atom stereocenters. The molecular formula is C17H30N4O. The number of carbonyl (C=O) groups excluding carboxylic acids is 1. The van der Waals surface area contributed by atoms with Crippen molar-refractivity contribution in [1.82, 2.24) is 20.0 Å². The van der Waals surface area contributed by atoms with Crippen LogP contribution in [0.15, 0.2) is 12.3 Å². The fourth-order valence-corrected chi connectivity index (χ4v) is 3.07. The number of hydrogen-bond acceptors (Lipinski definition) is 3. The van der Waals surface area contributed by atoms with Gasteiger partial charge in [-0.15, -0.1) is 0 Å². The summed E-state index contributed by atoms with van der Waals surface area (Å²) < 4.78 is 1.89. The van der Waals surface area contributed by atoms with Crippen LogP contribution in [0.25, 0.3) is 0 Å². The molecule has 1 aromatic rings. The fraction of sp³-hybridized carbons (Fsp3) is 0.765. The lowest BCUT2D eigenvalue weighted by molar-refractivity contribution is -0.125. The highest BCUT2D eigenvalue weighted by Crippen LogP contribution is 2.10. The van der Waals surface area contributed by atoms with Gasteiger partial charge in [-0.2, -0.15) is 5.10 Å². The van der Waals surface area contributed by atoms with Gasteiger partial charge in [0.15, 0.2) is 0 Å². The maximum atomic E-state index is 12.3. The third kappa shape index (κ3) is 5.13. The van der Waals surface area contributed by atoms with E-state index in [-0.39, 0.29) is 17.9 Å². The molecule has 1 aliphatic heterocycles. The first kappa shape index (κ1) is 17.0. The van der Waals surface area contributed by atoms with E-state index in [9.17, 15) is 4.79 Å². The van der Waals surface area contributed by atoms with Crippen LogP contribution in [0, 0.1) is 12.8 Å². The van der Waals surface area contributed by atoms with Crippen molar-refractivity contribution in [2.24, 2.45) is 5.92 Å². The van der Waals surface area contributed by atoms with Gasteiger partial charge in [-0.05, 0) is 45.8 Å². The Labute approximate surface area is 134 Å². The minimum atomic E-state index is -0.0646. The Kier molecular flexibility index (Phi) is 6.43. The van der Waals surface area contributed by atoms with Gasteiger partial charge in [0, 0.05) is 24.5 Å². The standard InChI is InChI=1S/C17H30N4O/c1-14(12-21-16(3)8-9-18-21)17(22)19-15(2)13-20-10-6-4-5-7-11-20/h8-9,14-15H,4-7,10-13H2,1-3H3,(H,19,22)/t14-,15+/m1/s1. The van der Waals surface area contributed by atoms with Crippen molar-refractivity contribution in [1.29, 1.82) is 0 Å². The molecular weight excluding hydrogens is 276 g/mol. The van der Waals surface area contributed by atoms with Crippen molar-refractivity contribution >= 4 is 5.91 Å². The van der Waals surface area contributed by atoms with Crippen molar-refractivity contribution in [3.05, 3.63) is 18.0 Å². The molecule has 0 radical (unpaired) electrons. The van der Waals surface area contributed by atoms with E-state index in [4.69, 9.17) is 0 Å².